The van der Waals surface area contributed by atoms with E-state index in [9.17, 15) is 14.7 Å². The molecule has 4 aromatic rings. The van der Waals surface area contributed by atoms with E-state index < -0.39 is 5.69 Å². The average molecular weight is 382 g/mol. The first-order valence-corrected chi connectivity index (χ1v) is 8.62. The van der Waals surface area contributed by atoms with Crippen LogP contribution in [0, 0.1) is 0 Å². The molecule has 0 unspecified atom stereocenters. The molecule has 6 nitrogen and oxygen atoms in total. The van der Waals surface area contributed by atoms with Gasteiger partial charge in [-0.2, -0.15) is 0 Å². The Morgan fingerprint density at radius 2 is 1.52 bits per heavy atom. The van der Waals surface area contributed by atoms with Crippen LogP contribution in [0.1, 0.15) is 0 Å². The number of fused-ring (bicyclic) bond motifs is 1. The van der Waals surface area contributed by atoms with Crippen LogP contribution in [0.25, 0.3) is 27.8 Å². The predicted molar refractivity (Wildman–Crippen MR) is 106 cm³/mol. The van der Waals surface area contributed by atoms with Gasteiger partial charge >= 0.3 is 5.69 Å². The number of benzene rings is 2. The molecule has 0 aliphatic rings. The summed E-state index contributed by atoms with van der Waals surface area (Å²) < 4.78 is 4.39. The normalized spacial score (nSPS) is 11.2. The molecule has 1 N–H and O–H groups in total. The SMILES string of the molecule is Cn1c(=O)c2c(-c3ccc(Cl)cc3)n(-c3ccc(O)cc3)cc2n(C)c1=O. The quantitative estimate of drug-likeness (QED) is 0.580. The van der Waals surface area contributed by atoms with Crippen molar-refractivity contribution in [1.82, 2.24) is 13.7 Å². The van der Waals surface area contributed by atoms with Gasteiger partial charge in [0.2, 0.25) is 0 Å². The summed E-state index contributed by atoms with van der Waals surface area (Å²) in [6.45, 7) is 0. The summed E-state index contributed by atoms with van der Waals surface area (Å²) in [5, 5.41) is 10.6. The summed E-state index contributed by atoms with van der Waals surface area (Å²) in [6, 6.07) is 13.8. The van der Waals surface area contributed by atoms with Gasteiger partial charge in [0.25, 0.3) is 5.56 Å². The lowest BCUT2D eigenvalue weighted by atomic mass is 10.1. The van der Waals surface area contributed by atoms with Crippen molar-refractivity contribution in [2.75, 3.05) is 0 Å². The van der Waals surface area contributed by atoms with Gasteiger partial charge < -0.3 is 9.67 Å². The molecule has 0 saturated heterocycles. The number of aryl methyl sites for hydroxylation is 1. The van der Waals surface area contributed by atoms with Crippen molar-refractivity contribution in [2.45, 2.75) is 0 Å². The number of aromatic nitrogens is 3. The van der Waals surface area contributed by atoms with Crippen molar-refractivity contribution in [1.29, 1.82) is 0 Å². The fourth-order valence-corrected chi connectivity index (χ4v) is 3.37. The van der Waals surface area contributed by atoms with Crippen molar-refractivity contribution in [3.05, 3.63) is 80.6 Å². The molecule has 7 heteroatoms. The Morgan fingerprint density at radius 1 is 0.889 bits per heavy atom. The molecule has 136 valence electrons. The second-order valence-electron chi connectivity index (χ2n) is 6.34. The zero-order chi connectivity index (χ0) is 19.3. The number of phenolic OH excluding ortho intramolecular Hbond substituents is 1. The standard InChI is InChI=1S/C20H16ClN3O3/c1-22-16-11-24(14-7-9-15(25)10-8-14)18(12-3-5-13(21)6-4-12)17(16)19(26)23(2)20(22)27/h3-11,25H,1-2H3. The van der Waals surface area contributed by atoms with Crippen LogP contribution in [0.2, 0.25) is 5.02 Å². The second kappa shape index (κ2) is 6.17. The summed E-state index contributed by atoms with van der Waals surface area (Å²) in [5.74, 6) is 0.145. The van der Waals surface area contributed by atoms with Crippen molar-refractivity contribution >= 4 is 22.5 Å². The molecule has 0 aliphatic carbocycles. The first kappa shape index (κ1) is 17.2. The maximum absolute atomic E-state index is 12.9. The maximum Gasteiger partial charge on any atom is 0.330 e. The molecular formula is C20H16ClN3O3. The molecule has 0 radical (unpaired) electrons. The molecule has 27 heavy (non-hydrogen) atoms. The highest BCUT2D eigenvalue weighted by atomic mass is 35.5. The van der Waals surface area contributed by atoms with Gasteiger partial charge in [-0.15, -0.1) is 0 Å². The van der Waals surface area contributed by atoms with Crippen LogP contribution in [0.3, 0.4) is 0 Å². The van der Waals surface area contributed by atoms with Crippen LogP contribution in [0.15, 0.2) is 64.3 Å². The Morgan fingerprint density at radius 3 is 2.15 bits per heavy atom. The number of hydrogen-bond acceptors (Lipinski definition) is 3. The minimum atomic E-state index is -0.391. The third-order valence-corrected chi connectivity index (χ3v) is 4.94. The third-order valence-electron chi connectivity index (χ3n) is 4.68. The maximum atomic E-state index is 12.9. The van der Waals surface area contributed by atoms with Crippen LogP contribution in [-0.2, 0) is 14.1 Å². The molecule has 2 aromatic heterocycles. The first-order chi connectivity index (χ1) is 12.9. The minimum absolute atomic E-state index is 0.145. The second-order valence-corrected chi connectivity index (χ2v) is 6.77. The lowest BCUT2D eigenvalue weighted by molar-refractivity contribution is 0.475. The topological polar surface area (TPSA) is 69.2 Å². The Balaban J connectivity index is 2.18. The van der Waals surface area contributed by atoms with Crippen LogP contribution >= 0.6 is 11.6 Å². The van der Waals surface area contributed by atoms with Crippen molar-refractivity contribution in [3.8, 4) is 22.7 Å². The molecule has 0 fully saturated rings. The van der Waals surface area contributed by atoms with Gasteiger partial charge in [0.05, 0.1) is 16.6 Å². The summed E-state index contributed by atoms with van der Waals surface area (Å²) in [5.41, 5.74) is 1.97. The van der Waals surface area contributed by atoms with E-state index in [1.54, 1.807) is 49.6 Å². The Labute approximate surface area is 159 Å². The van der Waals surface area contributed by atoms with Crippen LogP contribution in [0.4, 0.5) is 0 Å². The van der Waals surface area contributed by atoms with E-state index in [-0.39, 0.29) is 11.3 Å². The van der Waals surface area contributed by atoms with Crippen molar-refractivity contribution in [3.63, 3.8) is 0 Å². The van der Waals surface area contributed by atoms with Crippen LogP contribution in [0.5, 0.6) is 5.75 Å². The van der Waals surface area contributed by atoms with Crippen LogP contribution in [-0.4, -0.2) is 18.8 Å². The lowest BCUT2D eigenvalue weighted by Gasteiger charge is -2.10. The zero-order valence-electron chi connectivity index (χ0n) is 14.7. The largest absolute Gasteiger partial charge is 0.508 e. The Bertz CT molecular complexity index is 1280. The first-order valence-electron chi connectivity index (χ1n) is 8.25. The van der Waals surface area contributed by atoms with E-state index >= 15 is 0 Å². The van der Waals surface area contributed by atoms with Gasteiger partial charge in [-0.05, 0) is 42.0 Å². The van der Waals surface area contributed by atoms with E-state index in [0.717, 1.165) is 15.8 Å². The number of rotatable bonds is 2. The van der Waals surface area contributed by atoms with Gasteiger partial charge in [-0.25, -0.2) is 4.79 Å². The molecular weight excluding hydrogens is 366 g/mol. The number of phenols is 1. The summed E-state index contributed by atoms with van der Waals surface area (Å²) in [4.78, 5) is 25.3. The summed E-state index contributed by atoms with van der Waals surface area (Å²) in [6.07, 6.45) is 1.76. The zero-order valence-corrected chi connectivity index (χ0v) is 15.4. The fourth-order valence-electron chi connectivity index (χ4n) is 3.25. The molecule has 0 aliphatic heterocycles. The molecule has 0 spiro atoms. The highest BCUT2D eigenvalue weighted by molar-refractivity contribution is 6.30. The fraction of sp³-hybridized carbons (Fsp3) is 0.100. The van der Waals surface area contributed by atoms with E-state index in [1.165, 1.54) is 11.6 Å². The highest BCUT2D eigenvalue weighted by Gasteiger charge is 2.20. The lowest BCUT2D eigenvalue weighted by Crippen LogP contribution is -2.36. The summed E-state index contributed by atoms with van der Waals surface area (Å²) >= 11 is 6.02. The van der Waals surface area contributed by atoms with Gasteiger partial charge in [-0.3, -0.25) is 13.9 Å². The molecule has 2 heterocycles. The molecule has 0 atom stereocenters. The predicted octanol–water partition coefficient (Wildman–Crippen LogP) is 3.05. The van der Waals surface area contributed by atoms with Crippen molar-refractivity contribution in [2.24, 2.45) is 14.1 Å². The van der Waals surface area contributed by atoms with Gasteiger partial charge in [0.15, 0.2) is 0 Å². The monoisotopic (exact) mass is 381 g/mol. The smallest absolute Gasteiger partial charge is 0.330 e. The number of aromatic hydroxyl groups is 1. The minimum Gasteiger partial charge on any atom is -0.508 e. The van der Waals surface area contributed by atoms with Gasteiger partial charge in [-0.1, -0.05) is 23.7 Å². The van der Waals surface area contributed by atoms with E-state index in [0.29, 0.717) is 21.6 Å². The molecule has 4 rings (SSSR count). The van der Waals surface area contributed by atoms with Gasteiger partial charge in [0.1, 0.15) is 5.75 Å². The Hall–Kier alpha value is -3.25. The number of hydrogen-bond donors (Lipinski definition) is 1. The van der Waals surface area contributed by atoms with Crippen molar-refractivity contribution < 1.29 is 5.11 Å². The van der Waals surface area contributed by atoms with E-state index in [4.69, 9.17) is 11.6 Å². The number of nitrogens with zero attached hydrogens (tertiary/aromatic N) is 3. The number of halogens is 1. The van der Waals surface area contributed by atoms with E-state index in [1.807, 2.05) is 16.7 Å². The summed E-state index contributed by atoms with van der Waals surface area (Å²) in [7, 11) is 3.10. The molecule has 2 aromatic carbocycles. The molecule has 0 bridgehead atoms. The third kappa shape index (κ3) is 2.65. The van der Waals surface area contributed by atoms with E-state index in [2.05, 4.69) is 0 Å². The van der Waals surface area contributed by atoms with Crippen LogP contribution < -0.4 is 11.2 Å². The highest BCUT2D eigenvalue weighted by Crippen LogP contribution is 2.32. The molecule has 0 saturated carbocycles. The Kier molecular flexibility index (Phi) is 3.93. The average Bonchev–Trinajstić information content (AvgIpc) is 3.06. The molecule has 0 amide bonds. The van der Waals surface area contributed by atoms with Gasteiger partial charge in [0, 0.05) is 31.0 Å².